The Morgan fingerprint density at radius 3 is 1.50 bits per heavy atom. The summed E-state index contributed by atoms with van der Waals surface area (Å²) in [5.74, 6) is 0. The molecule has 8 aromatic rings. The first-order chi connectivity index (χ1) is 24.8. The van der Waals surface area contributed by atoms with E-state index in [9.17, 15) is 0 Å². The highest BCUT2D eigenvalue weighted by Crippen LogP contribution is 2.44. The Morgan fingerprint density at radius 1 is 0.300 bits per heavy atom. The number of hydrogen-bond donors (Lipinski definition) is 0. The number of rotatable bonds is 5. The van der Waals surface area contributed by atoms with Crippen molar-refractivity contribution in [2.75, 3.05) is 4.90 Å². The van der Waals surface area contributed by atoms with Crippen molar-refractivity contribution in [3.63, 3.8) is 0 Å². The average molecular weight is 634 g/mol. The summed E-state index contributed by atoms with van der Waals surface area (Å²) in [7, 11) is 0. The summed E-state index contributed by atoms with van der Waals surface area (Å²) < 4.78 is 0. The van der Waals surface area contributed by atoms with E-state index in [1.807, 2.05) is 0 Å². The number of nitrogens with zero attached hydrogens (tertiary/aromatic N) is 1. The van der Waals surface area contributed by atoms with Crippen LogP contribution in [0.5, 0.6) is 0 Å². The summed E-state index contributed by atoms with van der Waals surface area (Å²) in [6.07, 6.45) is 0. The van der Waals surface area contributed by atoms with Crippen LogP contribution in [0.15, 0.2) is 194 Å². The van der Waals surface area contributed by atoms with Crippen LogP contribution in [-0.4, -0.2) is 6.71 Å². The van der Waals surface area contributed by atoms with E-state index in [-0.39, 0.29) is 6.71 Å². The lowest BCUT2D eigenvalue weighted by molar-refractivity contribution is 1.30. The molecule has 0 saturated heterocycles. The molecule has 8 aromatic carbocycles. The van der Waals surface area contributed by atoms with Crippen LogP contribution in [0, 0.1) is 0 Å². The van der Waals surface area contributed by atoms with Gasteiger partial charge in [-0.05, 0) is 103 Å². The van der Waals surface area contributed by atoms with Crippen LogP contribution in [0.1, 0.15) is 0 Å². The standard InChI is InChI=1S/C48H32BN/c1-4-14-33(15-5-1)36-20-12-21-37(28-36)40-30-43-42-24-10-11-25-44(42)49-45-27-26-39(35-18-8-3-9-19-35)31-46(45)50(47(32-40)48(43)49)41-23-13-22-38(29-41)34-16-6-2-7-17-34/h1-32H. The Kier molecular flexibility index (Phi) is 6.67. The fourth-order valence-corrected chi connectivity index (χ4v) is 8.15. The molecule has 232 valence electrons. The second-order valence-corrected chi connectivity index (χ2v) is 13.3. The summed E-state index contributed by atoms with van der Waals surface area (Å²) in [5.41, 5.74) is 20.1. The molecule has 2 aliphatic rings. The van der Waals surface area contributed by atoms with Gasteiger partial charge in [0.25, 0.3) is 0 Å². The minimum atomic E-state index is 0.161. The number of fused-ring (bicyclic) bond motifs is 5. The molecule has 0 atom stereocenters. The first-order valence-electron chi connectivity index (χ1n) is 17.4. The van der Waals surface area contributed by atoms with Gasteiger partial charge in [0, 0.05) is 17.1 Å². The van der Waals surface area contributed by atoms with E-state index >= 15 is 0 Å². The minimum Gasteiger partial charge on any atom is -0.311 e. The predicted octanol–water partition coefficient (Wildman–Crippen LogP) is 10.6. The fourth-order valence-electron chi connectivity index (χ4n) is 8.15. The van der Waals surface area contributed by atoms with E-state index < -0.39 is 0 Å². The molecule has 1 nitrogen and oxygen atoms in total. The topological polar surface area (TPSA) is 3.24 Å². The lowest BCUT2D eigenvalue weighted by Crippen LogP contribution is -2.54. The van der Waals surface area contributed by atoms with Crippen molar-refractivity contribution in [2.24, 2.45) is 0 Å². The molecule has 0 saturated carbocycles. The van der Waals surface area contributed by atoms with Gasteiger partial charge in [-0.2, -0.15) is 0 Å². The SMILES string of the molecule is c1ccc(-c2cccc(-c3cc4c5c(c3)N(c3cccc(-c6ccccc6)c3)c3cc(-c6ccccc6)ccc3B5c3ccccc3-4)c2)cc1. The molecule has 0 spiro atoms. The molecular weight excluding hydrogens is 601 g/mol. The van der Waals surface area contributed by atoms with Crippen molar-refractivity contribution in [3.8, 4) is 55.6 Å². The lowest BCUT2D eigenvalue weighted by Gasteiger charge is -2.37. The van der Waals surface area contributed by atoms with Gasteiger partial charge in [0.05, 0.1) is 0 Å². The minimum absolute atomic E-state index is 0.161. The molecule has 0 fully saturated rings. The van der Waals surface area contributed by atoms with Gasteiger partial charge in [-0.1, -0.05) is 163 Å². The van der Waals surface area contributed by atoms with Crippen molar-refractivity contribution in [3.05, 3.63) is 194 Å². The third-order valence-corrected chi connectivity index (χ3v) is 10.5. The largest absolute Gasteiger partial charge is 0.311 e. The number of benzene rings is 8. The molecule has 0 amide bonds. The smallest absolute Gasteiger partial charge is 0.248 e. The van der Waals surface area contributed by atoms with Crippen molar-refractivity contribution >= 4 is 40.2 Å². The second-order valence-electron chi connectivity index (χ2n) is 13.3. The molecule has 0 bridgehead atoms. The zero-order valence-electron chi connectivity index (χ0n) is 27.5. The van der Waals surface area contributed by atoms with Gasteiger partial charge in [-0.3, -0.25) is 0 Å². The normalized spacial score (nSPS) is 12.3. The van der Waals surface area contributed by atoms with Crippen LogP contribution in [-0.2, 0) is 0 Å². The Labute approximate surface area is 293 Å². The lowest BCUT2D eigenvalue weighted by atomic mass is 9.37. The Hall–Kier alpha value is -6.38. The summed E-state index contributed by atoms with van der Waals surface area (Å²) in [6.45, 7) is 0.161. The molecule has 0 N–H and O–H groups in total. The van der Waals surface area contributed by atoms with Crippen LogP contribution in [0.3, 0.4) is 0 Å². The second kappa shape index (κ2) is 11.6. The molecule has 0 radical (unpaired) electrons. The third-order valence-electron chi connectivity index (χ3n) is 10.5. The maximum absolute atomic E-state index is 2.53. The zero-order chi connectivity index (χ0) is 33.0. The van der Waals surface area contributed by atoms with Crippen molar-refractivity contribution in [2.45, 2.75) is 0 Å². The fraction of sp³-hybridized carbons (Fsp3) is 0. The average Bonchev–Trinajstić information content (AvgIpc) is 3.54. The number of hydrogen-bond acceptors (Lipinski definition) is 1. The number of anilines is 3. The molecule has 2 aliphatic heterocycles. The Balaban J connectivity index is 1.25. The highest BCUT2D eigenvalue weighted by Gasteiger charge is 2.42. The molecule has 0 aliphatic carbocycles. The van der Waals surface area contributed by atoms with E-state index in [2.05, 4.69) is 199 Å². The van der Waals surface area contributed by atoms with Gasteiger partial charge in [-0.15, -0.1) is 0 Å². The summed E-state index contributed by atoms with van der Waals surface area (Å²) >= 11 is 0. The van der Waals surface area contributed by atoms with Gasteiger partial charge in [0.1, 0.15) is 0 Å². The van der Waals surface area contributed by atoms with E-state index in [1.54, 1.807) is 0 Å². The van der Waals surface area contributed by atoms with Crippen LogP contribution >= 0.6 is 0 Å². The van der Waals surface area contributed by atoms with E-state index in [0.29, 0.717) is 0 Å². The molecule has 50 heavy (non-hydrogen) atoms. The highest BCUT2D eigenvalue weighted by molar-refractivity contribution is 7.01. The third kappa shape index (κ3) is 4.64. The Morgan fingerprint density at radius 2 is 0.820 bits per heavy atom. The van der Waals surface area contributed by atoms with E-state index in [1.165, 1.54) is 83.4 Å². The molecule has 2 heterocycles. The van der Waals surface area contributed by atoms with Crippen molar-refractivity contribution < 1.29 is 0 Å². The van der Waals surface area contributed by atoms with Crippen molar-refractivity contribution in [1.29, 1.82) is 0 Å². The molecule has 0 aromatic heterocycles. The molecule has 0 unspecified atom stereocenters. The molecule has 2 heteroatoms. The van der Waals surface area contributed by atoms with Crippen LogP contribution in [0.2, 0.25) is 0 Å². The summed E-state index contributed by atoms with van der Waals surface area (Å²) in [4.78, 5) is 2.53. The first-order valence-corrected chi connectivity index (χ1v) is 17.4. The van der Waals surface area contributed by atoms with E-state index in [4.69, 9.17) is 0 Å². The molecule has 10 rings (SSSR count). The predicted molar refractivity (Wildman–Crippen MR) is 213 cm³/mol. The zero-order valence-corrected chi connectivity index (χ0v) is 27.5. The van der Waals surface area contributed by atoms with Gasteiger partial charge in [0.15, 0.2) is 0 Å². The maximum atomic E-state index is 2.53. The summed E-state index contributed by atoms with van der Waals surface area (Å²) in [5, 5.41) is 0. The quantitative estimate of drug-likeness (QED) is 0.171. The van der Waals surface area contributed by atoms with Gasteiger partial charge in [0.2, 0.25) is 6.71 Å². The van der Waals surface area contributed by atoms with Gasteiger partial charge < -0.3 is 4.90 Å². The van der Waals surface area contributed by atoms with Crippen LogP contribution < -0.4 is 21.3 Å². The monoisotopic (exact) mass is 633 g/mol. The van der Waals surface area contributed by atoms with Gasteiger partial charge >= 0.3 is 0 Å². The first kappa shape index (κ1) is 28.6. The van der Waals surface area contributed by atoms with E-state index in [0.717, 1.165) is 5.69 Å². The highest BCUT2D eigenvalue weighted by atomic mass is 15.2. The van der Waals surface area contributed by atoms with Crippen LogP contribution in [0.4, 0.5) is 17.1 Å². The van der Waals surface area contributed by atoms with Gasteiger partial charge in [-0.25, -0.2) is 0 Å². The Bertz CT molecular complexity index is 2540. The van der Waals surface area contributed by atoms with Crippen molar-refractivity contribution in [1.82, 2.24) is 0 Å². The summed E-state index contributed by atoms with van der Waals surface area (Å²) in [6, 6.07) is 71.2. The van der Waals surface area contributed by atoms with Crippen LogP contribution in [0.25, 0.3) is 55.6 Å². The molecular formula is C48H32BN. The maximum Gasteiger partial charge on any atom is 0.248 e.